The fraction of sp³-hybridized carbons (Fsp3) is 1.00. The molecule has 3 rings (SSSR count). The van der Waals surface area contributed by atoms with Crippen LogP contribution in [0, 0.1) is 0 Å². The molecule has 0 radical (unpaired) electrons. The molecule has 4 heteroatoms. The van der Waals surface area contributed by atoms with Crippen LogP contribution in [0.5, 0.6) is 0 Å². The lowest BCUT2D eigenvalue weighted by Gasteiger charge is -2.42. The van der Waals surface area contributed by atoms with Crippen LogP contribution in [-0.2, 0) is 4.74 Å². The number of ether oxygens (including phenoxy) is 1. The molecule has 3 saturated heterocycles. The van der Waals surface area contributed by atoms with Gasteiger partial charge in [0.1, 0.15) is 0 Å². The van der Waals surface area contributed by atoms with Gasteiger partial charge in [0.05, 0.1) is 5.60 Å². The van der Waals surface area contributed by atoms with Crippen LogP contribution >= 0.6 is 0 Å². The van der Waals surface area contributed by atoms with E-state index in [1.165, 1.54) is 58.3 Å². The van der Waals surface area contributed by atoms with Crippen LogP contribution in [0.25, 0.3) is 0 Å². The molecule has 3 atom stereocenters. The van der Waals surface area contributed by atoms with Crippen molar-refractivity contribution >= 4 is 0 Å². The minimum Gasteiger partial charge on any atom is -0.375 e. The van der Waals surface area contributed by atoms with Gasteiger partial charge in [-0.05, 0) is 58.5 Å². The van der Waals surface area contributed by atoms with Crippen molar-refractivity contribution in [1.82, 2.24) is 9.80 Å². The van der Waals surface area contributed by atoms with Crippen LogP contribution in [0.1, 0.15) is 52.4 Å². The summed E-state index contributed by atoms with van der Waals surface area (Å²) in [6.07, 6.45) is 7.26. The standard InChI is InChI=1S/C17H33N3O/c1-3-17(2)12-15(7-11-21-17)20-10-6-16(13-20)19-8-4-14(18)5-9-19/h14-16H,3-13,18H2,1-2H3. The quantitative estimate of drug-likeness (QED) is 0.862. The van der Waals surface area contributed by atoms with Crippen molar-refractivity contribution in [1.29, 1.82) is 0 Å². The number of nitrogens with two attached hydrogens (primary N) is 1. The van der Waals surface area contributed by atoms with Crippen molar-refractivity contribution < 1.29 is 4.74 Å². The Hall–Kier alpha value is -0.160. The molecule has 0 aromatic carbocycles. The highest BCUT2D eigenvalue weighted by Crippen LogP contribution is 2.32. The van der Waals surface area contributed by atoms with Crippen LogP contribution < -0.4 is 5.73 Å². The molecule has 0 aromatic heterocycles. The van der Waals surface area contributed by atoms with Crippen molar-refractivity contribution in [2.45, 2.75) is 76.1 Å². The first-order valence-electron chi connectivity index (χ1n) is 8.97. The third kappa shape index (κ3) is 3.61. The number of likely N-dealkylation sites (tertiary alicyclic amines) is 2. The van der Waals surface area contributed by atoms with Gasteiger partial charge in [-0.3, -0.25) is 9.80 Å². The van der Waals surface area contributed by atoms with E-state index in [9.17, 15) is 0 Å². The fourth-order valence-electron chi connectivity index (χ4n) is 4.34. The number of hydrogen-bond donors (Lipinski definition) is 1. The molecule has 3 heterocycles. The Labute approximate surface area is 130 Å². The maximum absolute atomic E-state index is 6.03. The predicted octanol–water partition coefficient (Wildman–Crippen LogP) is 1.83. The SMILES string of the molecule is CCC1(C)CC(N2CCC(N3CCC(N)CC3)C2)CCO1. The van der Waals surface area contributed by atoms with Crippen LogP contribution in [0.3, 0.4) is 0 Å². The summed E-state index contributed by atoms with van der Waals surface area (Å²) >= 11 is 0. The van der Waals surface area contributed by atoms with Crippen LogP contribution in [-0.4, -0.2) is 66.3 Å². The van der Waals surface area contributed by atoms with Gasteiger partial charge in [0, 0.05) is 37.8 Å². The van der Waals surface area contributed by atoms with E-state index in [1.54, 1.807) is 0 Å². The second kappa shape index (κ2) is 6.53. The third-order valence-corrected chi connectivity index (χ3v) is 6.12. The Bertz CT molecular complexity index is 343. The molecule has 21 heavy (non-hydrogen) atoms. The van der Waals surface area contributed by atoms with Crippen molar-refractivity contribution in [3.8, 4) is 0 Å². The molecule has 3 aliphatic rings. The van der Waals surface area contributed by atoms with E-state index in [-0.39, 0.29) is 5.60 Å². The summed E-state index contributed by atoms with van der Waals surface area (Å²) in [6, 6.07) is 1.95. The molecule has 3 unspecified atom stereocenters. The highest BCUT2D eigenvalue weighted by atomic mass is 16.5. The minimum atomic E-state index is 0.110. The van der Waals surface area contributed by atoms with Gasteiger partial charge in [0.25, 0.3) is 0 Å². The van der Waals surface area contributed by atoms with E-state index in [0.29, 0.717) is 6.04 Å². The van der Waals surface area contributed by atoms with Crippen molar-refractivity contribution in [3.05, 3.63) is 0 Å². The monoisotopic (exact) mass is 295 g/mol. The van der Waals surface area contributed by atoms with Crippen LogP contribution in [0.4, 0.5) is 0 Å². The Balaban J connectivity index is 1.52. The summed E-state index contributed by atoms with van der Waals surface area (Å²) in [5, 5.41) is 0. The molecule has 0 aromatic rings. The van der Waals surface area contributed by atoms with E-state index in [4.69, 9.17) is 10.5 Å². The van der Waals surface area contributed by atoms with Crippen LogP contribution in [0.15, 0.2) is 0 Å². The van der Waals surface area contributed by atoms with E-state index >= 15 is 0 Å². The molecule has 0 aliphatic carbocycles. The van der Waals surface area contributed by atoms with Gasteiger partial charge < -0.3 is 10.5 Å². The van der Waals surface area contributed by atoms with Gasteiger partial charge in [-0.2, -0.15) is 0 Å². The number of nitrogens with zero attached hydrogens (tertiary/aromatic N) is 2. The summed E-state index contributed by atoms with van der Waals surface area (Å²) < 4.78 is 6.01. The van der Waals surface area contributed by atoms with Crippen molar-refractivity contribution in [2.75, 3.05) is 32.8 Å². The van der Waals surface area contributed by atoms with Gasteiger partial charge >= 0.3 is 0 Å². The maximum atomic E-state index is 6.03. The Morgan fingerprint density at radius 2 is 1.76 bits per heavy atom. The van der Waals surface area contributed by atoms with Crippen LogP contribution in [0.2, 0.25) is 0 Å². The molecule has 3 fully saturated rings. The minimum absolute atomic E-state index is 0.110. The Morgan fingerprint density at radius 3 is 2.48 bits per heavy atom. The Morgan fingerprint density at radius 1 is 1.05 bits per heavy atom. The first-order chi connectivity index (χ1) is 10.1. The lowest BCUT2D eigenvalue weighted by molar-refractivity contribution is -0.0945. The predicted molar refractivity (Wildman–Crippen MR) is 86.4 cm³/mol. The Kier molecular flexibility index (Phi) is 4.89. The molecule has 122 valence electrons. The molecule has 2 N–H and O–H groups in total. The van der Waals surface area contributed by atoms with E-state index in [1.807, 2.05) is 0 Å². The van der Waals surface area contributed by atoms with Gasteiger partial charge in [0.2, 0.25) is 0 Å². The van der Waals surface area contributed by atoms with E-state index in [0.717, 1.165) is 25.1 Å². The maximum Gasteiger partial charge on any atom is 0.0666 e. The highest BCUT2D eigenvalue weighted by molar-refractivity contribution is 4.93. The normalized spacial score (nSPS) is 40.7. The summed E-state index contributed by atoms with van der Waals surface area (Å²) in [5.41, 5.74) is 6.14. The summed E-state index contributed by atoms with van der Waals surface area (Å²) in [5.74, 6) is 0. The van der Waals surface area contributed by atoms with E-state index < -0.39 is 0 Å². The molecule has 3 aliphatic heterocycles. The molecule has 0 spiro atoms. The molecule has 0 saturated carbocycles. The first-order valence-corrected chi connectivity index (χ1v) is 8.97. The number of hydrogen-bond acceptors (Lipinski definition) is 4. The average molecular weight is 295 g/mol. The molecule has 0 bridgehead atoms. The molecule has 0 amide bonds. The zero-order chi connectivity index (χ0) is 14.9. The van der Waals surface area contributed by atoms with Gasteiger partial charge in [-0.15, -0.1) is 0 Å². The second-order valence-corrected chi connectivity index (χ2v) is 7.61. The largest absolute Gasteiger partial charge is 0.375 e. The first kappa shape index (κ1) is 15.7. The fourth-order valence-corrected chi connectivity index (χ4v) is 4.34. The smallest absolute Gasteiger partial charge is 0.0666 e. The molecular weight excluding hydrogens is 262 g/mol. The lowest BCUT2D eigenvalue weighted by Crippen LogP contribution is -2.49. The third-order valence-electron chi connectivity index (χ3n) is 6.12. The molecule has 4 nitrogen and oxygen atoms in total. The number of rotatable bonds is 3. The number of piperidine rings is 1. The van der Waals surface area contributed by atoms with E-state index in [2.05, 4.69) is 23.6 Å². The van der Waals surface area contributed by atoms with Gasteiger partial charge in [0.15, 0.2) is 0 Å². The molecular formula is C17H33N3O. The highest BCUT2D eigenvalue weighted by Gasteiger charge is 2.38. The average Bonchev–Trinajstić information content (AvgIpc) is 2.98. The summed E-state index contributed by atoms with van der Waals surface area (Å²) in [7, 11) is 0. The summed E-state index contributed by atoms with van der Waals surface area (Å²) in [4.78, 5) is 5.44. The second-order valence-electron chi connectivity index (χ2n) is 7.61. The summed E-state index contributed by atoms with van der Waals surface area (Å²) in [6.45, 7) is 10.4. The van der Waals surface area contributed by atoms with Gasteiger partial charge in [-0.25, -0.2) is 0 Å². The van der Waals surface area contributed by atoms with Gasteiger partial charge in [-0.1, -0.05) is 6.92 Å². The zero-order valence-electron chi connectivity index (χ0n) is 13.9. The zero-order valence-corrected chi connectivity index (χ0v) is 13.9. The lowest BCUT2D eigenvalue weighted by atomic mass is 9.89. The van der Waals surface area contributed by atoms with Crippen molar-refractivity contribution in [2.24, 2.45) is 5.73 Å². The topological polar surface area (TPSA) is 41.7 Å². The van der Waals surface area contributed by atoms with Crippen molar-refractivity contribution in [3.63, 3.8) is 0 Å².